The van der Waals surface area contributed by atoms with Crippen molar-refractivity contribution in [3.05, 3.63) is 47.2 Å². The number of nitrogens with zero attached hydrogens (tertiary/aromatic N) is 3. The number of hydrogen-bond donors (Lipinski definition) is 5. The summed E-state index contributed by atoms with van der Waals surface area (Å²) in [5, 5.41) is 4.88. The first kappa shape index (κ1) is 31.5. The predicted molar refractivity (Wildman–Crippen MR) is 140 cm³/mol. The molecule has 3 rings (SSSR count). The summed E-state index contributed by atoms with van der Waals surface area (Å²) in [6, 6.07) is 7.36. The standard InChI is InChI=1S/C18H18ClN5O12S4/c1-10-7-13(15(39(29,30)31)9-14(10)38(26,27)28)21-18-23-16(19)22-17(24-18)20-11-3-2-4-12(8-11)36-37(25)6-5-35-40(32,33)34/h2-4,7-9H,5-6H2,1H3,(H,26,27,28)(H,29,30,31)(H,32,33,34)(H2,20,21,22,23,24). The van der Waals surface area contributed by atoms with Crippen molar-refractivity contribution in [2.24, 2.45) is 0 Å². The van der Waals surface area contributed by atoms with Crippen molar-refractivity contribution in [2.45, 2.75) is 16.7 Å². The van der Waals surface area contributed by atoms with E-state index >= 15 is 0 Å². The predicted octanol–water partition coefficient (Wildman–Crippen LogP) is 1.68. The SMILES string of the molecule is Cc1cc(Nc2nc(Cl)nc(Nc3cccc(OS(=O)CCOS(=O)(=O)O)c3)n2)c(S(=O)(=O)O)cc1S(=O)(=O)O. The van der Waals surface area contributed by atoms with Gasteiger partial charge < -0.3 is 14.8 Å². The Balaban J connectivity index is 1.83. The molecule has 40 heavy (non-hydrogen) atoms. The van der Waals surface area contributed by atoms with E-state index < -0.39 is 58.1 Å². The quantitative estimate of drug-likeness (QED) is 0.173. The third-order valence-corrected chi connectivity index (χ3v) is 7.85. The number of anilines is 4. The lowest BCUT2D eigenvalue weighted by Gasteiger charge is -2.13. The molecule has 1 atom stereocenters. The molecule has 0 saturated carbocycles. The van der Waals surface area contributed by atoms with Crippen LogP contribution in [-0.4, -0.2) is 70.4 Å². The first-order valence-corrected chi connectivity index (χ1v) is 16.1. The third kappa shape index (κ3) is 9.28. The second-order valence-corrected chi connectivity index (χ2v) is 12.8. The monoisotopic (exact) mass is 659 g/mol. The van der Waals surface area contributed by atoms with Crippen LogP contribution in [0.5, 0.6) is 5.75 Å². The van der Waals surface area contributed by atoms with Gasteiger partial charge in [-0.2, -0.15) is 40.2 Å². The van der Waals surface area contributed by atoms with Crippen LogP contribution in [0.25, 0.3) is 0 Å². The summed E-state index contributed by atoms with van der Waals surface area (Å²) in [6.07, 6.45) is 0. The lowest BCUT2D eigenvalue weighted by molar-refractivity contribution is 0.283. The normalized spacial score (nSPS) is 13.0. The number of hydrogen-bond acceptors (Lipinski definition) is 14. The first-order chi connectivity index (χ1) is 18.4. The lowest BCUT2D eigenvalue weighted by atomic mass is 10.2. The second kappa shape index (κ2) is 12.2. The first-order valence-electron chi connectivity index (χ1n) is 10.2. The molecular formula is C18H18ClN5O12S4. The molecule has 0 aliphatic heterocycles. The molecule has 0 saturated heterocycles. The molecule has 2 aromatic carbocycles. The summed E-state index contributed by atoms with van der Waals surface area (Å²) in [5.74, 6) is -0.826. The van der Waals surface area contributed by atoms with Gasteiger partial charge in [-0.3, -0.25) is 13.7 Å². The third-order valence-electron chi connectivity index (χ3n) is 4.45. The van der Waals surface area contributed by atoms with E-state index in [0.717, 1.165) is 6.07 Å². The molecule has 0 spiro atoms. The van der Waals surface area contributed by atoms with E-state index in [9.17, 15) is 38.6 Å². The molecule has 0 aliphatic carbocycles. The van der Waals surface area contributed by atoms with Crippen molar-refractivity contribution in [1.82, 2.24) is 15.0 Å². The molecule has 22 heteroatoms. The van der Waals surface area contributed by atoms with Crippen LogP contribution in [0, 0.1) is 6.92 Å². The number of aryl methyl sites for hydroxylation is 1. The number of halogens is 1. The Kier molecular flexibility index (Phi) is 9.64. The Morgan fingerprint density at radius 1 is 0.900 bits per heavy atom. The Morgan fingerprint density at radius 2 is 1.52 bits per heavy atom. The largest absolute Gasteiger partial charge is 0.400 e. The molecule has 0 fully saturated rings. The van der Waals surface area contributed by atoms with Gasteiger partial charge in [-0.05, 0) is 48.4 Å². The van der Waals surface area contributed by atoms with Crippen LogP contribution >= 0.6 is 11.6 Å². The Labute approximate surface area is 235 Å². The highest BCUT2D eigenvalue weighted by molar-refractivity contribution is 7.86. The fourth-order valence-corrected chi connectivity index (χ4v) is 5.59. The zero-order chi connectivity index (χ0) is 29.9. The lowest BCUT2D eigenvalue weighted by Crippen LogP contribution is -2.14. The van der Waals surface area contributed by atoms with Crippen molar-refractivity contribution in [1.29, 1.82) is 0 Å². The van der Waals surface area contributed by atoms with Crippen molar-refractivity contribution in [3.63, 3.8) is 0 Å². The van der Waals surface area contributed by atoms with E-state index in [1.54, 1.807) is 0 Å². The number of rotatable bonds is 12. The van der Waals surface area contributed by atoms with Crippen LogP contribution in [0.1, 0.15) is 5.56 Å². The van der Waals surface area contributed by atoms with Gasteiger partial charge in [-0.15, -0.1) is 0 Å². The maximum Gasteiger partial charge on any atom is 0.397 e. The average Bonchev–Trinajstić information content (AvgIpc) is 2.76. The van der Waals surface area contributed by atoms with Crippen molar-refractivity contribution >= 4 is 76.6 Å². The van der Waals surface area contributed by atoms with Crippen molar-refractivity contribution in [3.8, 4) is 5.75 Å². The van der Waals surface area contributed by atoms with Gasteiger partial charge in [-0.1, -0.05) is 6.07 Å². The molecule has 3 aromatic rings. The van der Waals surface area contributed by atoms with Gasteiger partial charge in [0.2, 0.25) is 28.3 Å². The molecule has 1 aromatic heterocycles. The van der Waals surface area contributed by atoms with Crippen LogP contribution in [0.3, 0.4) is 0 Å². The maximum absolute atomic E-state index is 12.0. The molecule has 5 N–H and O–H groups in total. The summed E-state index contributed by atoms with van der Waals surface area (Å²) in [6.45, 7) is 0.666. The Bertz CT molecular complexity index is 1790. The van der Waals surface area contributed by atoms with Gasteiger partial charge in [0.1, 0.15) is 10.6 Å². The Hall–Kier alpha value is -3.02. The van der Waals surface area contributed by atoms with Crippen molar-refractivity contribution in [2.75, 3.05) is 23.0 Å². The van der Waals surface area contributed by atoms with E-state index in [0.29, 0.717) is 6.07 Å². The molecular weight excluding hydrogens is 642 g/mol. The maximum atomic E-state index is 12.0. The highest BCUT2D eigenvalue weighted by atomic mass is 35.5. The van der Waals surface area contributed by atoms with Crippen LogP contribution in [0.4, 0.5) is 23.3 Å². The molecule has 0 amide bonds. The molecule has 1 unspecified atom stereocenters. The topological polar surface area (TPSA) is 261 Å². The Morgan fingerprint density at radius 3 is 2.12 bits per heavy atom. The second-order valence-electron chi connectivity index (χ2n) is 7.43. The van der Waals surface area contributed by atoms with E-state index in [4.69, 9.17) is 20.3 Å². The molecule has 17 nitrogen and oxygen atoms in total. The van der Waals surface area contributed by atoms with Gasteiger partial charge >= 0.3 is 10.4 Å². The fourth-order valence-electron chi connectivity index (χ4n) is 2.95. The van der Waals surface area contributed by atoms with Crippen LogP contribution in [0.2, 0.25) is 5.28 Å². The van der Waals surface area contributed by atoms with E-state index in [1.165, 1.54) is 31.2 Å². The summed E-state index contributed by atoms with van der Waals surface area (Å²) in [4.78, 5) is 10.1. The summed E-state index contributed by atoms with van der Waals surface area (Å²) in [5.41, 5.74) is -0.144. The molecule has 1 heterocycles. The molecule has 218 valence electrons. The number of benzene rings is 2. The minimum Gasteiger partial charge on any atom is -0.400 e. The average molecular weight is 660 g/mol. The number of aromatic nitrogens is 3. The van der Waals surface area contributed by atoms with Crippen LogP contribution in [-0.2, 0) is 45.9 Å². The molecule has 0 aliphatic rings. The zero-order valence-corrected chi connectivity index (χ0v) is 23.8. The summed E-state index contributed by atoms with van der Waals surface area (Å²) >= 11 is 3.92. The summed E-state index contributed by atoms with van der Waals surface area (Å²) in [7, 11) is -14.5. The van der Waals surface area contributed by atoms with E-state index in [1.807, 2.05) is 0 Å². The summed E-state index contributed by atoms with van der Waals surface area (Å²) < 4.78 is 117. The minimum absolute atomic E-state index is 0.0703. The van der Waals surface area contributed by atoms with Gasteiger partial charge in [0.05, 0.1) is 22.9 Å². The van der Waals surface area contributed by atoms with Crippen LogP contribution in [0.15, 0.2) is 46.2 Å². The van der Waals surface area contributed by atoms with Gasteiger partial charge in [-0.25, -0.2) is 8.39 Å². The van der Waals surface area contributed by atoms with E-state index in [2.05, 4.69) is 29.8 Å². The smallest absolute Gasteiger partial charge is 0.397 e. The van der Waals surface area contributed by atoms with E-state index in [-0.39, 0.29) is 45.6 Å². The van der Waals surface area contributed by atoms with Gasteiger partial charge in [0.25, 0.3) is 20.2 Å². The minimum atomic E-state index is -5.00. The number of nitrogens with one attached hydrogen (secondary N) is 2. The fraction of sp³-hybridized carbons (Fsp3) is 0.167. The highest BCUT2D eigenvalue weighted by Gasteiger charge is 2.24. The van der Waals surface area contributed by atoms with Gasteiger partial charge in [0.15, 0.2) is 0 Å². The van der Waals surface area contributed by atoms with Crippen LogP contribution < -0.4 is 14.8 Å². The zero-order valence-electron chi connectivity index (χ0n) is 19.7. The molecule has 0 bridgehead atoms. The molecule has 0 radical (unpaired) electrons. The van der Waals surface area contributed by atoms with Gasteiger partial charge in [0, 0.05) is 11.8 Å². The van der Waals surface area contributed by atoms with Crippen molar-refractivity contribution < 1.29 is 51.5 Å². The highest BCUT2D eigenvalue weighted by Crippen LogP contribution is 2.30.